The number of hydrogen-bond acceptors (Lipinski definition) is 5. The fourth-order valence-corrected chi connectivity index (χ4v) is 1.18. The minimum atomic E-state index is 0.507. The predicted octanol–water partition coefficient (Wildman–Crippen LogP) is -0.0287. The van der Waals surface area contributed by atoms with Crippen LogP contribution in [-0.2, 0) is 13.5 Å². The van der Waals surface area contributed by atoms with Gasteiger partial charge in [0, 0.05) is 26.2 Å². The zero-order chi connectivity index (χ0) is 9.97. The van der Waals surface area contributed by atoms with Crippen molar-refractivity contribution in [1.29, 1.82) is 0 Å². The van der Waals surface area contributed by atoms with E-state index in [4.69, 9.17) is 10.3 Å². The molecule has 0 aliphatic rings. The Labute approximate surface area is 80.7 Å². The van der Waals surface area contributed by atoms with Crippen molar-refractivity contribution in [1.82, 2.24) is 19.9 Å². The van der Waals surface area contributed by atoms with Gasteiger partial charge in [-0.2, -0.15) is 10.1 Å². The summed E-state index contributed by atoms with van der Waals surface area (Å²) >= 11 is 0. The average Bonchev–Trinajstić information content (AvgIpc) is 2.74. The maximum atomic E-state index is 5.37. The molecule has 0 bridgehead atoms. The van der Waals surface area contributed by atoms with Crippen molar-refractivity contribution in [2.75, 3.05) is 6.54 Å². The van der Waals surface area contributed by atoms with Gasteiger partial charge < -0.3 is 10.3 Å². The zero-order valence-corrected chi connectivity index (χ0v) is 7.84. The van der Waals surface area contributed by atoms with Gasteiger partial charge in [-0.15, -0.1) is 0 Å². The van der Waals surface area contributed by atoms with E-state index in [2.05, 4.69) is 15.2 Å². The summed E-state index contributed by atoms with van der Waals surface area (Å²) < 4.78 is 6.69. The molecule has 6 heteroatoms. The molecule has 0 fully saturated rings. The van der Waals surface area contributed by atoms with Crippen molar-refractivity contribution in [3.05, 3.63) is 18.2 Å². The summed E-state index contributed by atoms with van der Waals surface area (Å²) in [4.78, 5) is 4.18. The van der Waals surface area contributed by atoms with Gasteiger partial charge in [0.05, 0.1) is 0 Å². The molecule has 0 aliphatic carbocycles. The highest BCUT2D eigenvalue weighted by molar-refractivity contribution is 5.47. The second-order valence-corrected chi connectivity index (χ2v) is 2.89. The van der Waals surface area contributed by atoms with E-state index in [-0.39, 0.29) is 0 Å². The van der Waals surface area contributed by atoms with Crippen LogP contribution < -0.4 is 5.73 Å². The monoisotopic (exact) mass is 193 g/mol. The summed E-state index contributed by atoms with van der Waals surface area (Å²) in [6, 6.07) is 1.83. The van der Waals surface area contributed by atoms with Crippen LogP contribution in [0.5, 0.6) is 0 Å². The molecule has 0 atom stereocenters. The first-order valence-electron chi connectivity index (χ1n) is 4.32. The Hall–Kier alpha value is -1.69. The van der Waals surface area contributed by atoms with Gasteiger partial charge in [0.25, 0.3) is 0 Å². The van der Waals surface area contributed by atoms with Crippen LogP contribution in [0.2, 0.25) is 0 Å². The van der Waals surface area contributed by atoms with E-state index in [0.29, 0.717) is 24.7 Å². The third kappa shape index (κ3) is 1.51. The third-order valence-electron chi connectivity index (χ3n) is 1.88. The highest BCUT2D eigenvalue weighted by Gasteiger charge is 2.10. The van der Waals surface area contributed by atoms with Gasteiger partial charge in [-0.25, -0.2) is 0 Å². The average molecular weight is 193 g/mol. The van der Waals surface area contributed by atoms with E-state index in [1.807, 2.05) is 13.1 Å². The molecule has 0 radical (unpaired) electrons. The largest absolute Gasteiger partial charge is 0.339 e. The second kappa shape index (κ2) is 3.59. The Morgan fingerprint density at radius 1 is 1.57 bits per heavy atom. The number of aryl methyl sites for hydroxylation is 1. The topological polar surface area (TPSA) is 82.8 Å². The van der Waals surface area contributed by atoms with Crippen molar-refractivity contribution in [3.63, 3.8) is 0 Å². The molecular weight excluding hydrogens is 182 g/mol. The van der Waals surface area contributed by atoms with Gasteiger partial charge in [-0.3, -0.25) is 4.68 Å². The summed E-state index contributed by atoms with van der Waals surface area (Å²) in [7, 11) is 1.83. The molecule has 2 rings (SSSR count). The predicted molar refractivity (Wildman–Crippen MR) is 49.3 cm³/mol. The van der Waals surface area contributed by atoms with Crippen LogP contribution in [0.25, 0.3) is 11.5 Å². The number of hydrogen-bond donors (Lipinski definition) is 1. The second-order valence-electron chi connectivity index (χ2n) is 2.89. The van der Waals surface area contributed by atoms with Crippen LogP contribution in [0.4, 0.5) is 0 Å². The molecule has 2 N–H and O–H groups in total. The SMILES string of the molecule is Cn1nccc1-c1noc(CCN)n1. The summed E-state index contributed by atoms with van der Waals surface area (Å²) in [5, 5.41) is 7.85. The van der Waals surface area contributed by atoms with E-state index < -0.39 is 0 Å². The normalized spacial score (nSPS) is 10.7. The van der Waals surface area contributed by atoms with E-state index in [0.717, 1.165) is 5.69 Å². The summed E-state index contributed by atoms with van der Waals surface area (Å²) in [5.74, 6) is 1.11. The lowest BCUT2D eigenvalue weighted by molar-refractivity contribution is 0.380. The van der Waals surface area contributed by atoms with Crippen molar-refractivity contribution in [2.24, 2.45) is 12.8 Å². The van der Waals surface area contributed by atoms with Gasteiger partial charge in [0.1, 0.15) is 5.69 Å². The van der Waals surface area contributed by atoms with Crippen molar-refractivity contribution < 1.29 is 4.52 Å². The molecule has 74 valence electrons. The Morgan fingerprint density at radius 2 is 2.43 bits per heavy atom. The van der Waals surface area contributed by atoms with Crippen molar-refractivity contribution in [2.45, 2.75) is 6.42 Å². The smallest absolute Gasteiger partial charge is 0.228 e. The van der Waals surface area contributed by atoms with Crippen LogP contribution in [0.1, 0.15) is 5.89 Å². The molecule has 2 aromatic heterocycles. The van der Waals surface area contributed by atoms with Crippen LogP contribution >= 0.6 is 0 Å². The lowest BCUT2D eigenvalue weighted by Crippen LogP contribution is -2.02. The summed E-state index contributed by atoms with van der Waals surface area (Å²) in [6.45, 7) is 0.507. The zero-order valence-electron chi connectivity index (χ0n) is 7.84. The minimum absolute atomic E-state index is 0.507. The molecule has 0 aromatic carbocycles. The molecule has 0 unspecified atom stereocenters. The van der Waals surface area contributed by atoms with Crippen LogP contribution in [0.3, 0.4) is 0 Å². The van der Waals surface area contributed by atoms with Gasteiger partial charge >= 0.3 is 0 Å². The van der Waals surface area contributed by atoms with Gasteiger partial charge in [-0.1, -0.05) is 5.16 Å². The van der Waals surface area contributed by atoms with E-state index >= 15 is 0 Å². The number of nitrogens with two attached hydrogens (primary N) is 1. The molecule has 6 nitrogen and oxygen atoms in total. The number of rotatable bonds is 3. The molecular formula is C8H11N5O. The fourth-order valence-electron chi connectivity index (χ4n) is 1.18. The Kier molecular flexibility index (Phi) is 2.28. The van der Waals surface area contributed by atoms with Crippen molar-refractivity contribution >= 4 is 0 Å². The first kappa shape index (κ1) is 8.89. The highest BCUT2D eigenvalue weighted by Crippen LogP contribution is 2.13. The molecule has 0 saturated heterocycles. The summed E-state index contributed by atoms with van der Waals surface area (Å²) in [6.07, 6.45) is 2.29. The Morgan fingerprint density at radius 3 is 3.07 bits per heavy atom. The van der Waals surface area contributed by atoms with Gasteiger partial charge in [-0.05, 0) is 6.07 Å². The number of aromatic nitrogens is 4. The van der Waals surface area contributed by atoms with E-state index in [9.17, 15) is 0 Å². The molecule has 2 aromatic rings. The molecule has 0 amide bonds. The van der Waals surface area contributed by atoms with Crippen molar-refractivity contribution in [3.8, 4) is 11.5 Å². The van der Waals surface area contributed by atoms with Gasteiger partial charge in [0.2, 0.25) is 11.7 Å². The van der Waals surface area contributed by atoms with Crippen LogP contribution in [0, 0.1) is 0 Å². The standard InChI is InChI=1S/C8H11N5O/c1-13-6(3-5-10-13)8-11-7(2-4-9)14-12-8/h3,5H,2,4,9H2,1H3. The third-order valence-corrected chi connectivity index (χ3v) is 1.88. The first-order chi connectivity index (χ1) is 6.81. The minimum Gasteiger partial charge on any atom is -0.339 e. The number of nitrogens with zero attached hydrogens (tertiary/aromatic N) is 4. The molecule has 0 saturated carbocycles. The highest BCUT2D eigenvalue weighted by atomic mass is 16.5. The molecule has 0 spiro atoms. The maximum absolute atomic E-state index is 5.37. The molecule has 14 heavy (non-hydrogen) atoms. The van der Waals surface area contributed by atoms with E-state index in [1.165, 1.54) is 0 Å². The Bertz CT molecular complexity index is 419. The van der Waals surface area contributed by atoms with E-state index in [1.54, 1.807) is 10.9 Å². The molecule has 0 aliphatic heterocycles. The molecule has 2 heterocycles. The lowest BCUT2D eigenvalue weighted by atomic mass is 10.4. The summed E-state index contributed by atoms with van der Waals surface area (Å²) in [5.41, 5.74) is 6.20. The van der Waals surface area contributed by atoms with Crippen LogP contribution in [0.15, 0.2) is 16.8 Å². The Balaban J connectivity index is 2.29. The fraction of sp³-hybridized carbons (Fsp3) is 0.375. The van der Waals surface area contributed by atoms with Gasteiger partial charge in [0.15, 0.2) is 0 Å². The lowest BCUT2D eigenvalue weighted by Gasteiger charge is -1.92. The first-order valence-corrected chi connectivity index (χ1v) is 4.32. The van der Waals surface area contributed by atoms with Crippen LogP contribution in [-0.4, -0.2) is 26.5 Å². The maximum Gasteiger partial charge on any atom is 0.228 e. The quantitative estimate of drug-likeness (QED) is 0.740.